The van der Waals surface area contributed by atoms with Crippen LogP contribution in [0.25, 0.3) is 0 Å². The fraction of sp³-hybridized carbons (Fsp3) is 0.278. The summed E-state index contributed by atoms with van der Waals surface area (Å²) < 4.78 is 45.6. The lowest BCUT2D eigenvalue weighted by atomic mass is 10.2. The minimum Gasteiger partial charge on any atom is -0.377 e. The number of benzene rings is 2. The van der Waals surface area contributed by atoms with E-state index in [0.717, 1.165) is 18.9 Å². The van der Waals surface area contributed by atoms with E-state index >= 15 is 0 Å². The van der Waals surface area contributed by atoms with Crippen LogP contribution in [-0.2, 0) is 14.8 Å². The molecular weight excluding hydrogens is 395 g/mol. The largest absolute Gasteiger partial charge is 0.377 e. The Kier molecular flexibility index (Phi) is 6.11. The summed E-state index contributed by atoms with van der Waals surface area (Å²) in [5.41, 5.74) is 0.506. The highest BCUT2D eigenvalue weighted by Crippen LogP contribution is 2.23. The number of hydrogen-bond donors (Lipinski definition) is 2. The van der Waals surface area contributed by atoms with Gasteiger partial charge in [0.25, 0.3) is 5.91 Å². The number of hydrogen-bond acceptors (Lipinski definition) is 4. The number of amides is 1. The Morgan fingerprint density at radius 2 is 1.96 bits per heavy atom. The van der Waals surface area contributed by atoms with Crippen molar-refractivity contribution in [1.82, 2.24) is 4.72 Å². The summed E-state index contributed by atoms with van der Waals surface area (Å²) in [6, 6.07) is 9.10. The Hall–Kier alpha value is -2.00. The molecule has 1 heterocycles. The van der Waals surface area contributed by atoms with Crippen molar-refractivity contribution in [3.8, 4) is 0 Å². The maximum Gasteiger partial charge on any atom is 0.255 e. The third-order valence-corrected chi connectivity index (χ3v) is 5.88. The van der Waals surface area contributed by atoms with Gasteiger partial charge in [0, 0.05) is 18.7 Å². The Bertz CT molecular complexity index is 929. The van der Waals surface area contributed by atoms with Crippen LogP contribution in [0.2, 0.25) is 5.02 Å². The van der Waals surface area contributed by atoms with Crippen LogP contribution >= 0.6 is 11.6 Å². The summed E-state index contributed by atoms with van der Waals surface area (Å²) in [6.07, 6.45) is 1.65. The van der Waals surface area contributed by atoms with Crippen molar-refractivity contribution in [2.45, 2.75) is 23.8 Å². The molecule has 2 N–H and O–H groups in total. The highest BCUT2D eigenvalue weighted by atomic mass is 35.5. The standard InChI is InChI=1S/C18H18ClFN2O4S/c19-16-10-13(20)5-8-17(16)22-18(23)12-3-6-15(7-4-12)27(24,25)21-11-14-2-1-9-26-14/h3-8,10,14,21H,1-2,9,11H2,(H,22,23). The van der Waals surface area contributed by atoms with Gasteiger partial charge < -0.3 is 10.1 Å². The van der Waals surface area contributed by atoms with Crippen molar-refractivity contribution in [2.24, 2.45) is 0 Å². The van der Waals surface area contributed by atoms with E-state index in [1.807, 2.05) is 0 Å². The second-order valence-corrected chi connectivity index (χ2v) is 8.26. The minimum atomic E-state index is -3.69. The average molecular weight is 413 g/mol. The van der Waals surface area contributed by atoms with Gasteiger partial charge in [-0.1, -0.05) is 11.6 Å². The third-order valence-electron chi connectivity index (χ3n) is 4.13. The molecule has 1 amide bonds. The SMILES string of the molecule is O=C(Nc1ccc(F)cc1Cl)c1ccc(S(=O)(=O)NCC2CCCO2)cc1. The smallest absolute Gasteiger partial charge is 0.255 e. The Morgan fingerprint density at radius 3 is 2.59 bits per heavy atom. The van der Waals surface area contributed by atoms with Gasteiger partial charge in [0.05, 0.1) is 21.7 Å². The molecule has 2 aromatic rings. The lowest BCUT2D eigenvalue weighted by Crippen LogP contribution is -2.31. The summed E-state index contributed by atoms with van der Waals surface area (Å²) in [4.78, 5) is 12.3. The van der Waals surface area contributed by atoms with Crippen LogP contribution in [0.3, 0.4) is 0 Å². The van der Waals surface area contributed by atoms with Crippen molar-refractivity contribution < 1.29 is 22.3 Å². The molecule has 0 saturated carbocycles. The van der Waals surface area contributed by atoms with Gasteiger partial charge in [0.1, 0.15) is 5.82 Å². The number of halogens is 2. The molecule has 9 heteroatoms. The molecule has 0 radical (unpaired) electrons. The number of rotatable bonds is 6. The van der Waals surface area contributed by atoms with E-state index < -0.39 is 21.7 Å². The van der Waals surface area contributed by atoms with Crippen LogP contribution < -0.4 is 10.0 Å². The van der Waals surface area contributed by atoms with Gasteiger partial charge >= 0.3 is 0 Å². The zero-order valence-electron chi connectivity index (χ0n) is 14.2. The number of sulfonamides is 1. The van der Waals surface area contributed by atoms with Crippen LogP contribution in [0.1, 0.15) is 23.2 Å². The van der Waals surface area contributed by atoms with Crippen LogP contribution in [0, 0.1) is 5.82 Å². The Balaban J connectivity index is 1.65. The maximum atomic E-state index is 13.1. The van der Waals surface area contributed by atoms with Gasteiger partial charge in [-0.3, -0.25) is 4.79 Å². The zero-order valence-corrected chi connectivity index (χ0v) is 15.8. The molecule has 6 nitrogen and oxygen atoms in total. The normalized spacial score (nSPS) is 17.0. The quantitative estimate of drug-likeness (QED) is 0.763. The Labute approximate surface area is 161 Å². The van der Waals surface area contributed by atoms with Crippen LogP contribution in [0.15, 0.2) is 47.4 Å². The molecule has 1 unspecified atom stereocenters. The van der Waals surface area contributed by atoms with E-state index in [0.29, 0.717) is 6.61 Å². The lowest BCUT2D eigenvalue weighted by molar-refractivity contribution is 0.102. The topological polar surface area (TPSA) is 84.5 Å². The van der Waals surface area contributed by atoms with E-state index in [-0.39, 0.29) is 33.8 Å². The number of ether oxygens (including phenoxy) is 1. The predicted molar refractivity (Wildman–Crippen MR) is 100.0 cm³/mol. The molecule has 1 fully saturated rings. The monoisotopic (exact) mass is 412 g/mol. The highest BCUT2D eigenvalue weighted by Gasteiger charge is 2.20. The summed E-state index contributed by atoms with van der Waals surface area (Å²) in [5, 5.41) is 2.63. The molecule has 27 heavy (non-hydrogen) atoms. The molecule has 1 atom stereocenters. The average Bonchev–Trinajstić information content (AvgIpc) is 3.16. The molecule has 0 bridgehead atoms. The molecule has 0 aromatic heterocycles. The third kappa shape index (κ3) is 5.04. The van der Waals surface area contributed by atoms with Crippen molar-refractivity contribution >= 4 is 33.2 Å². The number of anilines is 1. The molecule has 1 saturated heterocycles. The second-order valence-electron chi connectivity index (χ2n) is 6.09. The summed E-state index contributed by atoms with van der Waals surface area (Å²) in [6.45, 7) is 0.863. The van der Waals surface area contributed by atoms with Gasteiger partial charge in [0.15, 0.2) is 0 Å². The van der Waals surface area contributed by atoms with Crippen molar-refractivity contribution in [3.63, 3.8) is 0 Å². The number of nitrogens with one attached hydrogen (secondary N) is 2. The van der Waals surface area contributed by atoms with E-state index in [1.165, 1.54) is 36.4 Å². The molecule has 0 aliphatic carbocycles. The first-order chi connectivity index (χ1) is 12.8. The van der Waals surface area contributed by atoms with Crippen LogP contribution in [-0.4, -0.2) is 33.6 Å². The lowest BCUT2D eigenvalue weighted by Gasteiger charge is -2.12. The van der Waals surface area contributed by atoms with Gasteiger partial charge in [-0.15, -0.1) is 0 Å². The highest BCUT2D eigenvalue weighted by molar-refractivity contribution is 7.89. The number of carbonyl (C=O) groups is 1. The molecule has 1 aliphatic rings. The first-order valence-electron chi connectivity index (χ1n) is 8.33. The molecule has 0 spiro atoms. The van der Waals surface area contributed by atoms with E-state index in [1.54, 1.807) is 0 Å². The van der Waals surface area contributed by atoms with Crippen molar-refractivity contribution in [1.29, 1.82) is 0 Å². The Morgan fingerprint density at radius 1 is 1.22 bits per heavy atom. The minimum absolute atomic E-state index is 0.0526. The fourth-order valence-corrected chi connectivity index (χ4v) is 3.94. The van der Waals surface area contributed by atoms with Crippen LogP contribution in [0.5, 0.6) is 0 Å². The predicted octanol–water partition coefficient (Wildman–Crippen LogP) is 3.19. The van der Waals surface area contributed by atoms with E-state index in [4.69, 9.17) is 16.3 Å². The molecule has 2 aromatic carbocycles. The van der Waals surface area contributed by atoms with Crippen molar-refractivity contribution in [3.05, 3.63) is 58.9 Å². The summed E-state index contributed by atoms with van der Waals surface area (Å²) in [7, 11) is -3.69. The first-order valence-corrected chi connectivity index (χ1v) is 10.2. The van der Waals surface area contributed by atoms with E-state index in [9.17, 15) is 17.6 Å². The maximum absolute atomic E-state index is 13.1. The number of carbonyl (C=O) groups excluding carboxylic acids is 1. The summed E-state index contributed by atoms with van der Waals surface area (Å²) in [5.74, 6) is -0.997. The zero-order chi connectivity index (χ0) is 19.4. The van der Waals surface area contributed by atoms with Gasteiger partial charge in [-0.25, -0.2) is 17.5 Å². The molecule has 3 rings (SSSR count). The first kappa shape index (κ1) is 19.8. The van der Waals surface area contributed by atoms with Crippen molar-refractivity contribution in [2.75, 3.05) is 18.5 Å². The van der Waals surface area contributed by atoms with E-state index in [2.05, 4.69) is 10.0 Å². The molecule has 144 valence electrons. The second kappa shape index (κ2) is 8.35. The fourth-order valence-electron chi connectivity index (χ4n) is 2.66. The molecular formula is C18H18ClFN2O4S. The molecule has 1 aliphatic heterocycles. The summed E-state index contributed by atoms with van der Waals surface area (Å²) >= 11 is 5.88. The van der Waals surface area contributed by atoms with Gasteiger partial charge in [-0.05, 0) is 55.3 Å². The van der Waals surface area contributed by atoms with Gasteiger partial charge in [-0.2, -0.15) is 0 Å². The van der Waals surface area contributed by atoms with Gasteiger partial charge in [0.2, 0.25) is 10.0 Å². The van der Waals surface area contributed by atoms with Crippen LogP contribution in [0.4, 0.5) is 10.1 Å².